The summed E-state index contributed by atoms with van der Waals surface area (Å²) in [4.78, 5) is 0. The molecule has 0 bridgehead atoms. The van der Waals surface area contributed by atoms with Crippen LogP contribution in [0.5, 0.6) is 0 Å². The maximum absolute atomic E-state index is 6.04. The van der Waals surface area contributed by atoms with Crippen molar-refractivity contribution in [2.45, 2.75) is 76.7 Å². The fourth-order valence-corrected chi connectivity index (χ4v) is 3.65. The lowest BCUT2D eigenvalue weighted by atomic mass is 9.81. The Labute approximate surface area is 103 Å². The highest BCUT2D eigenvalue weighted by Crippen LogP contribution is 2.30. The molecule has 3 heteroatoms. The molecule has 0 aromatic carbocycles. The molecule has 0 amide bonds. The molecule has 0 spiro atoms. The number of piperidine rings is 1. The average Bonchev–Trinajstić information content (AvgIpc) is 2.07. The summed E-state index contributed by atoms with van der Waals surface area (Å²) in [5.41, 5.74) is 0.428. The van der Waals surface area contributed by atoms with Crippen LogP contribution < -0.4 is 5.32 Å². The summed E-state index contributed by atoms with van der Waals surface area (Å²) >= 11 is 0. The Balaban J connectivity index is 2.36. The minimum atomic E-state index is 0.214. The second-order valence-electron chi connectivity index (χ2n) is 6.50. The molecule has 96 valence electrons. The van der Waals surface area contributed by atoms with Gasteiger partial charge in [0.05, 0.1) is 6.10 Å². The highest BCUT2D eigenvalue weighted by Gasteiger charge is 2.37. The summed E-state index contributed by atoms with van der Waals surface area (Å²) in [6, 6.07) is 1.43. The fraction of sp³-hybridized carbons (Fsp3) is 1.00. The molecule has 1 aliphatic rings. The zero-order valence-electron chi connectivity index (χ0n) is 11.7. The van der Waals surface area contributed by atoms with E-state index in [1.807, 2.05) is 0 Å². The molecule has 2 nitrogen and oxygen atoms in total. The molecule has 1 saturated heterocycles. The molecule has 0 unspecified atom stereocenters. The van der Waals surface area contributed by atoms with Crippen LogP contribution in [0.1, 0.15) is 47.0 Å². The van der Waals surface area contributed by atoms with Gasteiger partial charge in [0, 0.05) is 27.2 Å². The zero-order chi connectivity index (χ0) is 12.2. The molecule has 0 atom stereocenters. The van der Waals surface area contributed by atoms with Crippen molar-refractivity contribution in [2.75, 3.05) is 6.61 Å². The SMILES string of the molecule is C[SiH2]CCCOC1CC(C)(C)NC(C)(C)C1. The van der Waals surface area contributed by atoms with Gasteiger partial charge >= 0.3 is 0 Å². The summed E-state index contributed by atoms with van der Waals surface area (Å²) in [6.45, 7) is 12.5. The standard InChI is InChI=1S/C13H29NOSi/c1-12(2)9-11(10-13(3,4)14-12)15-7-6-8-16-5/h11,14H,6-10,16H2,1-5H3. The van der Waals surface area contributed by atoms with Crippen LogP contribution in [0.15, 0.2) is 0 Å². The van der Waals surface area contributed by atoms with Crippen molar-refractivity contribution in [3.63, 3.8) is 0 Å². The Morgan fingerprint density at radius 3 is 2.25 bits per heavy atom. The van der Waals surface area contributed by atoms with Crippen molar-refractivity contribution in [3.8, 4) is 0 Å². The Kier molecular flexibility index (Phi) is 5.01. The predicted molar refractivity (Wildman–Crippen MR) is 74.1 cm³/mol. The first kappa shape index (κ1) is 14.2. The Morgan fingerprint density at radius 2 is 1.75 bits per heavy atom. The van der Waals surface area contributed by atoms with Gasteiger partial charge < -0.3 is 10.1 Å². The van der Waals surface area contributed by atoms with E-state index in [9.17, 15) is 0 Å². The highest BCUT2D eigenvalue weighted by atomic mass is 28.2. The first-order chi connectivity index (χ1) is 7.35. The molecule has 0 aromatic rings. The maximum atomic E-state index is 6.04. The van der Waals surface area contributed by atoms with E-state index in [1.54, 1.807) is 0 Å². The van der Waals surface area contributed by atoms with E-state index in [1.165, 1.54) is 12.5 Å². The van der Waals surface area contributed by atoms with Crippen LogP contribution in [0.25, 0.3) is 0 Å². The summed E-state index contributed by atoms with van der Waals surface area (Å²) in [5.74, 6) is 0. The molecule has 1 rings (SSSR count). The summed E-state index contributed by atoms with van der Waals surface area (Å²) in [5, 5.41) is 3.69. The van der Waals surface area contributed by atoms with E-state index in [-0.39, 0.29) is 20.6 Å². The average molecular weight is 243 g/mol. The second kappa shape index (κ2) is 5.65. The van der Waals surface area contributed by atoms with Gasteiger partial charge in [0.1, 0.15) is 0 Å². The Hall–Kier alpha value is 0.137. The third-order valence-electron chi connectivity index (χ3n) is 3.25. The molecule has 0 saturated carbocycles. The quantitative estimate of drug-likeness (QED) is 0.591. The van der Waals surface area contributed by atoms with Gasteiger partial charge in [-0.15, -0.1) is 0 Å². The van der Waals surface area contributed by atoms with Crippen molar-refractivity contribution in [1.82, 2.24) is 5.32 Å². The van der Waals surface area contributed by atoms with E-state index in [0.717, 1.165) is 19.4 Å². The zero-order valence-corrected chi connectivity index (χ0v) is 13.1. The van der Waals surface area contributed by atoms with Gasteiger partial charge in [-0.25, -0.2) is 0 Å². The monoisotopic (exact) mass is 243 g/mol. The van der Waals surface area contributed by atoms with Crippen LogP contribution in [0.3, 0.4) is 0 Å². The highest BCUT2D eigenvalue weighted by molar-refractivity contribution is 6.33. The van der Waals surface area contributed by atoms with Crippen LogP contribution in [0.4, 0.5) is 0 Å². The van der Waals surface area contributed by atoms with Gasteiger partial charge in [-0.2, -0.15) is 0 Å². The van der Waals surface area contributed by atoms with Crippen molar-refractivity contribution in [3.05, 3.63) is 0 Å². The molecule has 0 aliphatic carbocycles. The third kappa shape index (κ3) is 4.98. The molecule has 1 fully saturated rings. The lowest BCUT2D eigenvalue weighted by Crippen LogP contribution is -2.59. The number of rotatable bonds is 5. The van der Waals surface area contributed by atoms with Crippen molar-refractivity contribution >= 4 is 9.52 Å². The topological polar surface area (TPSA) is 21.3 Å². The smallest absolute Gasteiger partial charge is 0.0609 e. The first-order valence-corrected chi connectivity index (χ1v) is 9.17. The maximum Gasteiger partial charge on any atom is 0.0609 e. The number of hydrogen-bond acceptors (Lipinski definition) is 2. The molecule has 0 aromatic heterocycles. The molecule has 1 N–H and O–H groups in total. The van der Waals surface area contributed by atoms with Gasteiger partial charge in [0.25, 0.3) is 0 Å². The van der Waals surface area contributed by atoms with E-state index < -0.39 is 0 Å². The van der Waals surface area contributed by atoms with E-state index in [0.29, 0.717) is 6.10 Å². The van der Waals surface area contributed by atoms with Crippen LogP contribution in [-0.2, 0) is 4.74 Å². The molecule has 1 heterocycles. The largest absolute Gasteiger partial charge is 0.378 e. The van der Waals surface area contributed by atoms with Crippen molar-refractivity contribution < 1.29 is 4.74 Å². The van der Waals surface area contributed by atoms with E-state index in [2.05, 4.69) is 39.6 Å². The van der Waals surface area contributed by atoms with Crippen molar-refractivity contribution in [1.29, 1.82) is 0 Å². The summed E-state index contributed by atoms with van der Waals surface area (Å²) in [6.07, 6.45) is 4.00. The van der Waals surface area contributed by atoms with Gasteiger partial charge in [-0.05, 0) is 47.0 Å². The van der Waals surface area contributed by atoms with Crippen LogP contribution in [0, 0.1) is 0 Å². The lowest BCUT2D eigenvalue weighted by molar-refractivity contribution is -0.0212. The molecule has 16 heavy (non-hydrogen) atoms. The minimum absolute atomic E-state index is 0.214. The third-order valence-corrected chi connectivity index (χ3v) is 4.46. The first-order valence-electron chi connectivity index (χ1n) is 6.76. The predicted octanol–water partition coefficient (Wildman–Crippen LogP) is 2.34. The van der Waals surface area contributed by atoms with Crippen molar-refractivity contribution in [2.24, 2.45) is 0 Å². The van der Waals surface area contributed by atoms with E-state index in [4.69, 9.17) is 4.74 Å². The summed E-state index contributed by atoms with van der Waals surface area (Å²) < 4.78 is 6.04. The minimum Gasteiger partial charge on any atom is -0.378 e. The van der Waals surface area contributed by atoms with Crippen LogP contribution in [0.2, 0.25) is 12.6 Å². The molecule has 1 aliphatic heterocycles. The van der Waals surface area contributed by atoms with Gasteiger partial charge in [-0.1, -0.05) is 12.6 Å². The van der Waals surface area contributed by atoms with E-state index >= 15 is 0 Å². The fourth-order valence-electron chi connectivity index (χ4n) is 2.95. The molecular formula is C13H29NOSi. The van der Waals surface area contributed by atoms with Gasteiger partial charge in [0.2, 0.25) is 0 Å². The lowest BCUT2D eigenvalue weighted by Gasteiger charge is -2.46. The van der Waals surface area contributed by atoms with Gasteiger partial charge in [0.15, 0.2) is 0 Å². The molecular weight excluding hydrogens is 214 g/mol. The number of hydrogen-bond donors (Lipinski definition) is 1. The normalized spacial score (nSPS) is 25.3. The number of nitrogens with one attached hydrogen (secondary N) is 1. The number of ether oxygens (including phenoxy) is 1. The molecule has 0 radical (unpaired) electrons. The van der Waals surface area contributed by atoms with Crippen LogP contribution in [-0.4, -0.2) is 33.3 Å². The Morgan fingerprint density at radius 1 is 1.19 bits per heavy atom. The van der Waals surface area contributed by atoms with Crippen LogP contribution >= 0.6 is 0 Å². The van der Waals surface area contributed by atoms with Gasteiger partial charge in [-0.3, -0.25) is 0 Å². The second-order valence-corrected chi connectivity index (χ2v) is 8.21. The summed E-state index contributed by atoms with van der Waals surface area (Å²) in [7, 11) is 0.229. The Bertz CT molecular complexity index is 200.